The molecule has 0 radical (unpaired) electrons. The van der Waals surface area contributed by atoms with Gasteiger partial charge in [0.15, 0.2) is 17.7 Å². The van der Waals surface area contributed by atoms with Gasteiger partial charge in [-0.2, -0.15) is 0 Å². The Balaban J connectivity index is 1.03. The maximum atomic E-state index is 14.6. The summed E-state index contributed by atoms with van der Waals surface area (Å²) in [5.41, 5.74) is 9.89. The number of carboxylic acid groups (broad SMARTS) is 1. The minimum absolute atomic E-state index is 0.000317. The second kappa shape index (κ2) is 40.7. The molecule has 6 rings (SSSR count). The fraction of sp³-hybridized carbons (Fsp3) is 0.558. The molecule has 1 fully saturated rings. The van der Waals surface area contributed by atoms with Gasteiger partial charge in [-0.15, -0.1) is 11.3 Å². The number of para-hydroxylation sites is 1. The molecule has 7 amide bonds. The van der Waals surface area contributed by atoms with Crippen molar-refractivity contribution >= 4 is 81.9 Å². The number of hydrogen-bond acceptors (Lipinski definition) is 16. The van der Waals surface area contributed by atoms with Crippen molar-refractivity contribution in [2.24, 2.45) is 41.2 Å². The molecular weight excluding hydrogens is 1310 g/mol. The summed E-state index contributed by atoms with van der Waals surface area (Å²) in [6.45, 7) is 14.5. The van der Waals surface area contributed by atoms with Gasteiger partial charge < -0.3 is 51.4 Å². The van der Waals surface area contributed by atoms with E-state index in [1.54, 1.807) is 48.0 Å². The summed E-state index contributed by atoms with van der Waals surface area (Å²) in [4.78, 5) is 157. The molecular formula is C77H105N9O14S. The molecule has 101 heavy (non-hydrogen) atoms. The Morgan fingerprint density at radius 1 is 0.792 bits per heavy atom. The third-order valence-electron chi connectivity index (χ3n) is 19.3. The molecule has 0 aliphatic carbocycles. The number of likely N-dealkylation sites (N-methyl/N-ethyl adjacent to an activating group) is 1. The molecule has 0 bridgehead atoms. The topological polar surface area (TPSA) is 323 Å². The number of piperidine rings is 1. The third-order valence-corrected chi connectivity index (χ3v) is 20.3. The average Bonchev–Trinajstić information content (AvgIpc) is 1.35. The van der Waals surface area contributed by atoms with Gasteiger partial charge in [-0.1, -0.05) is 134 Å². The van der Waals surface area contributed by atoms with Crippen molar-refractivity contribution in [3.8, 4) is 11.8 Å². The van der Waals surface area contributed by atoms with Crippen LogP contribution in [-0.4, -0.2) is 156 Å². The molecule has 23 nitrogen and oxygen atoms in total. The number of alkyl carbamates (subject to hydrolysis) is 1. The summed E-state index contributed by atoms with van der Waals surface area (Å²) in [5.74, 6) is -0.166. The first kappa shape index (κ1) is 81.3. The zero-order valence-electron chi connectivity index (χ0n) is 60.4. The number of thiazole rings is 1. The number of nitrogens with two attached hydrogens (primary N) is 1. The van der Waals surface area contributed by atoms with Crippen LogP contribution in [0, 0.1) is 47.3 Å². The lowest BCUT2D eigenvalue weighted by molar-refractivity contribution is -0.143. The lowest BCUT2D eigenvalue weighted by Crippen LogP contribution is -2.48. The Kier molecular flexibility index (Phi) is 32.8. The van der Waals surface area contributed by atoms with Gasteiger partial charge >= 0.3 is 12.1 Å². The van der Waals surface area contributed by atoms with Gasteiger partial charge in [0.1, 0.15) is 16.5 Å². The van der Waals surface area contributed by atoms with E-state index in [-0.39, 0.29) is 155 Å². The van der Waals surface area contributed by atoms with Crippen LogP contribution in [0.1, 0.15) is 194 Å². The molecule has 24 heteroatoms. The molecule has 1 saturated heterocycles. The summed E-state index contributed by atoms with van der Waals surface area (Å²) in [6.07, 6.45) is 3.00. The molecule has 0 spiro atoms. The summed E-state index contributed by atoms with van der Waals surface area (Å²) in [6, 6.07) is 19.7. The number of anilines is 1. The van der Waals surface area contributed by atoms with Crippen LogP contribution in [0.3, 0.4) is 0 Å². The molecule has 0 unspecified atom stereocenters. The number of carboxylic acids is 1. The number of ketones is 3. The molecule has 9 atom stereocenters. The highest BCUT2D eigenvalue weighted by Gasteiger charge is 2.39. The van der Waals surface area contributed by atoms with Crippen LogP contribution in [-0.2, 0) is 72.0 Å². The molecule has 3 aromatic carbocycles. The SMILES string of the molecule is CC[C@H](C)[C@H](CC(=O)[C@H]1CCCCN1C)C(=O)N(C)[C@H](C[C@@H](OC(=O)NC)c1nc(C(=O)N[C@@H](Cc2ccc(CC(=O)[C@H](CCCCC(N)=O)NC(=O)[C@@H](CC(=O)CCOCCNC(=O)CCC(=O)N3Cc4ccccc4C#Cc4ccccc43)C(C)C)cc2)C[C@H](C)C(=O)O)cs1)C(C)C. The van der Waals surface area contributed by atoms with Crippen molar-refractivity contribution in [2.45, 2.75) is 194 Å². The summed E-state index contributed by atoms with van der Waals surface area (Å²) in [5, 5.41) is 23.0. The van der Waals surface area contributed by atoms with Crippen LogP contribution >= 0.6 is 11.3 Å². The van der Waals surface area contributed by atoms with Gasteiger partial charge in [-0.3, -0.25) is 52.8 Å². The highest BCUT2D eigenvalue weighted by atomic mass is 32.1. The third kappa shape index (κ3) is 25.4. The fourth-order valence-corrected chi connectivity index (χ4v) is 13.7. The first-order valence-corrected chi connectivity index (χ1v) is 36.5. The first-order chi connectivity index (χ1) is 48.2. The fourth-order valence-electron chi connectivity index (χ4n) is 12.9. The minimum atomic E-state index is -1.06. The van der Waals surface area contributed by atoms with Crippen LogP contribution in [0.25, 0.3) is 0 Å². The van der Waals surface area contributed by atoms with Gasteiger partial charge in [0.25, 0.3) is 5.91 Å². The predicted molar refractivity (Wildman–Crippen MR) is 386 cm³/mol. The maximum absolute atomic E-state index is 14.6. The number of nitrogens with one attached hydrogen (secondary N) is 4. The Morgan fingerprint density at radius 2 is 1.49 bits per heavy atom. The second-order valence-electron chi connectivity index (χ2n) is 27.7. The lowest BCUT2D eigenvalue weighted by Gasteiger charge is -2.37. The number of fused-ring (bicyclic) bond motifs is 2. The number of carbonyl (C=O) groups excluding carboxylic acids is 10. The number of aliphatic carboxylic acids is 1. The summed E-state index contributed by atoms with van der Waals surface area (Å²) >= 11 is 1.10. The lowest BCUT2D eigenvalue weighted by atomic mass is 9.83. The number of rotatable bonds is 41. The van der Waals surface area contributed by atoms with Crippen LogP contribution in [0.4, 0.5) is 10.5 Å². The normalized spacial score (nSPS) is 16.0. The van der Waals surface area contributed by atoms with Crippen molar-refractivity contribution in [1.29, 1.82) is 0 Å². The van der Waals surface area contributed by atoms with E-state index in [9.17, 15) is 57.8 Å². The molecule has 3 heterocycles. The Morgan fingerprint density at radius 3 is 2.16 bits per heavy atom. The van der Waals surface area contributed by atoms with Crippen LogP contribution in [0.2, 0.25) is 0 Å². The Bertz CT molecular complexity index is 3560. The smallest absolute Gasteiger partial charge is 0.407 e. The van der Waals surface area contributed by atoms with Crippen LogP contribution < -0.4 is 31.9 Å². The first-order valence-electron chi connectivity index (χ1n) is 35.6. The number of likely N-dealkylation sites (tertiary alicyclic amines) is 1. The number of ether oxygens (including phenoxy) is 2. The summed E-state index contributed by atoms with van der Waals surface area (Å²) in [7, 11) is 5.09. The van der Waals surface area contributed by atoms with Crippen LogP contribution in [0.5, 0.6) is 0 Å². The standard InChI is InChI=1S/C77H105N9O14S/c1-11-50(6)60(44-67(89)64-25-18-19-37-84(64)9)75(95)85(10)65(49(4)5)45-68(100-77(98)79-8)74-83-62(47-101-74)73(94)81-57(40-51(7)76(96)97)41-52-27-29-53(30-28-52)42-66(88)61(23-15-17-26-69(78)90)82-72(93)59(48(2)3)43-58(87)35-38-99-39-36-80-70(91)33-34-71(92)86-46-56-22-13-12-20-54(56)31-32-55-21-14-16-24-63(55)86/h12-14,16,20-22,24,27-30,47-51,57,59-61,64-65,68H,11,15,17-19,23,25-26,33-46H2,1-10H3,(H2,78,90)(H,79,98)(H,80,91)(H,81,94)(H,82,93)(H,96,97)/t50-,51-,57+,59-,60-,61-,64+,65+,68+/m0/s1. The molecule has 4 aromatic rings. The zero-order chi connectivity index (χ0) is 73.9. The van der Waals surface area contributed by atoms with Gasteiger partial charge in [-0.05, 0) is 105 Å². The van der Waals surface area contributed by atoms with E-state index in [0.29, 0.717) is 42.1 Å². The molecule has 1 aromatic heterocycles. The van der Waals surface area contributed by atoms with Crippen molar-refractivity contribution in [1.82, 2.24) is 36.1 Å². The zero-order valence-corrected chi connectivity index (χ0v) is 61.3. The average molecular weight is 1410 g/mol. The van der Waals surface area contributed by atoms with Crippen LogP contribution in [0.15, 0.2) is 78.2 Å². The molecule has 548 valence electrons. The number of aromatic nitrogens is 1. The highest BCUT2D eigenvalue weighted by molar-refractivity contribution is 7.09. The van der Waals surface area contributed by atoms with E-state index >= 15 is 0 Å². The number of amides is 7. The number of nitrogens with zero attached hydrogens (tertiary/aromatic N) is 4. The monoisotopic (exact) mass is 1410 g/mol. The number of unbranched alkanes of at least 4 members (excludes halogenated alkanes) is 1. The minimum Gasteiger partial charge on any atom is -0.481 e. The number of Topliss-reactive ketones (excluding diaryl/α,β-unsaturated/α-hetero) is 3. The predicted octanol–water partition coefficient (Wildman–Crippen LogP) is 9.09. The summed E-state index contributed by atoms with van der Waals surface area (Å²) < 4.78 is 11.6. The van der Waals surface area contributed by atoms with E-state index in [2.05, 4.69) is 43.0 Å². The molecule has 7 N–H and O–H groups in total. The molecule has 2 aliphatic heterocycles. The van der Waals surface area contributed by atoms with E-state index in [1.165, 1.54) is 12.4 Å². The van der Waals surface area contributed by atoms with E-state index < -0.39 is 71.8 Å². The van der Waals surface area contributed by atoms with E-state index in [1.807, 2.05) is 97.1 Å². The highest BCUT2D eigenvalue weighted by Crippen LogP contribution is 2.34. The van der Waals surface area contributed by atoms with Crippen molar-refractivity contribution in [3.63, 3.8) is 0 Å². The van der Waals surface area contributed by atoms with Gasteiger partial charge in [-0.25, -0.2) is 9.78 Å². The largest absolute Gasteiger partial charge is 0.481 e. The number of carbonyl (C=O) groups is 11. The number of benzene rings is 3. The maximum Gasteiger partial charge on any atom is 0.407 e. The van der Waals surface area contributed by atoms with Gasteiger partial charge in [0.05, 0.1) is 43.4 Å². The van der Waals surface area contributed by atoms with E-state index in [4.69, 9.17) is 15.2 Å². The quantitative estimate of drug-likeness (QED) is 0.0178. The van der Waals surface area contributed by atoms with Gasteiger partial charge in [0.2, 0.25) is 29.5 Å². The number of primary amides is 1. The Labute approximate surface area is 599 Å². The molecule has 2 aliphatic rings. The van der Waals surface area contributed by atoms with Gasteiger partial charge in [0, 0.05) is 112 Å². The van der Waals surface area contributed by atoms with Crippen molar-refractivity contribution in [3.05, 3.63) is 117 Å². The van der Waals surface area contributed by atoms with Crippen molar-refractivity contribution < 1.29 is 67.3 Å². The number of hydrogen-bond donors (Lipinski definition) is 6. The second-order valence-corrected chi connectivity index (χ2v) is 28.5. The Hall–Kier alpha value is -8.66. The molecule has 0 saturated carbocycles. The van der Waals surface area contributed by atoms with Crippen molar-refractivity contribution in [2.75, 3.05) is 52.3 Å². The van der Waals surface area contributed by atoms with E-state index in [0.717, 1.165) is 59.4 Å².